The summed E-state index contributed by atoms with van der Waals surface area (Å²) in [7, 11) is 3.27. The molecule has 0 saturated heterocycles. The quantitative estimate of drug-likeness (QED) is 0.269. The van der Waals surface area contributed by atoms with Crippen molar-refractivity contribution in [2.24, 2.45) is 0 Å². The number of esters is 1. The lowest BCUT2D eigenvalue weighted by molar-refractivity contribution is -0.384. The highest BCUT2D eigenvalue weighted by Gasteiger charge is 2.33. The molecule has 0 aromatic heterocycles. The molecule has 0 unspecified atom stereocenters. The number of nitrogens with zero attached hydrogens (tertiary/aromatic N) is 2. The van der Waals surface area contributed by atoms with Crippen LogP contribution in [0.25, 0.3) is 0 Å². The highest BCUT2D eigenvalue weighted by molar-refractivity contribution is 7.80. The molecule has 134 valence electrons. The molecule has 1 N–H and O–H groups in total. The number of nitro benzene ring substituents is 1. The number of rotatable bonds is 6. The van der Waals surface area contributed by atoms with Crippen LogP contribution in [0, 0.1) is 10.1 Å². The number of methoxy groups -OCH3 is 1. The Labute approximate surface area is 150 Å². The van der Waals surface area contributed by atoms with Crippen LogP contribution in [0.15, 0.2) is 35.5 Å². The molecule has 1 atom stereocenters. The summed E-state index contributed by atoms with van der Waals surface area (Å²) in [6.07, 6.45) is 0. The molecule has 1 aromatic carbocycles. The Bertz CT molecular complexity index is 717. The third-order valence-electron chi connectivity index (χ3n) is 3.93. The lowest BCUT2D eigenvalue weighted by atomic mass is 9.95. The van der Waals surface area contributed by atoms with Crippen LogP contribution >= 0.6 is 12.2 Å². The molecular weight excluding hydrogens is 346 g/mol. The molecule has 0 fully saturated rings. The number of benzene rings is 1. The first-order chi connectivity index (χ1) is 11.9. The summed E-state index contributed by atoms with van der Waals surface area (Å²) in [5.74, 6) is -0.486. The van der Waals surface area contributed by atoms with Gasteiger partial charge in [0.1, 0.15) is 6.61 Å². The standard InChI is InChI=1S/C16H19N3O5S/c1-10-13(15(20)24-9-8-23-3)14(17-16(25)18(10)2)11-4-6-12(7-5-11)19(21)22/h4-7,14H,8-9H2,1-3H3,(H,17,25)/t14-/m1/s1. The van der Waals surface area contributed by atoms with Gasteiger partial charge >= 0.3 is 5.97 Å². The van der Waals surface area contributed by atoms with Crippen molar-refractivity contribution in [1.29, 1.82) is 0 Å². The number of non-ortho nitro benzene ring substituents is 1. The largest absolute Gasteiger partial charge is 0.460 e. The van der Waals surface area contributed by atoms with Crippen LogP contribution in [-0.4, -0.2) is 48.3 Å². The summed E-state index contributed by atoms with van der Waals surface area (Å²) < 4.78 is 10.1. The van der Waals surface area contributed by atoms with Gasteiger partial charge in [-0.3, -0.25) is 10.1 Å². The fraction of sp³-hybridized carbons (Fsp3) is 0.375. The van der Waals surface area contributed by atoms with E-state index in [9.17, 15) is 14.9 Å². The molecule has 0 radical (unpaired) electrons. The normalized spacial score (nSPS) is 17.3. The van der Waals surface area contributed by atoms with Crippen molar-refractivity contribution >= 4 is 29.0 Å². The van der Waals surface area contributed by atoms with E-state index in [1.165, 1.54) is 19.2 Å². The van der Waals surface area contributed by atoms with Crippen molar-refractivity contribution in [3.05, 3.63) is 51.2 Å². The van der Waals surface area contributed by atoms with Gasteiger partial charge in [0.2, 0.25) is 0 Å². The topological polar surface area (TPSA) is 93.9 Å². The number of nitro groups is 1. The fourth-order valence-corrected chi connectivity index (χ4v) is 2.69. The van der Waals surface area contributed by atoms with E-state index < -0.39 is 16.9 Å². The monoisotopic (exact) mass is 365 g/mol. The molecule has 8 nitrogen and oxygen atoms in total. The number of ether oxygens (including phenoxy) is 2. The molecular formula is C16H19N3O5S. The Morgan fingerprint density at radius 3 is 2.56 bits per heavy atom. The Kier molecular flexibility index (Phi) is 6.05. The summed E-state index contributed by atoms with van der Waals surface area (Å²) in [4.78, 5) is 24.6. The third kappa shape index (κ3) is 4.12. The molecule has 9 heteroatoms. The van der Waals surface area contributed by atoms with Crippen molar-refractivity contribution in [3.63, 3.8) is 0 Å². The zero-order valence-corrected chi connectivity index (χ0v) is 15.0. The highest BCUT2D eigenvalue weighted by atomic mass is 32.1. The van der Waals surface area contributed by atoms with Crippen molar-refractivity contribution in [1.82, 2.24) is 10.2 Å². The van der Waals surface area contributed by atoms with Crippen molar-refractivity contribution in [2.75, 3.05) is 27.4 Å². The van der Waals surface area contributed by atoms with E-state index in [1.54, 1.807) is 31.0 Å². The minimum atomic E-state index is -0.542. The molecule has 0 spiro atoms. The van der Waals surface area contributed by atoms with Gasteiger partial charge < -0.3 is 19.7 Å². The van der Waals surface area contributed by atoms with E-state index in [0.29, 0.717) is 28.6 Å². The first kappa shape index (κ1) is 18.8. The Morgan fingerprint density at radius 1 is 1.36 bits per heavy atom. The van der Waals surface area contributed by atoms with Gasteiger partial charge in [-0.15, -0.1) is 0 Å². The van der Waals surface area contributed by atoms with Crippen molar-refractivity contribution in [3.8, 4) is 0 Å². The number of thiocarbonyl (C=S) groups is 1. The maximum absolute atomic E-state index is 12.5. The van der Waals surface area contributed by atoms with Gasteiger partial charge in [-0.05, 0) is 36.8 Å². The summed E-state index contributed by atoms with van der Waals surface area (Å²) in [5, 5.41) is 14.4. The van der Waals surface area contributed by atoms with Gasteiger partial charge in [0.05, 0.1) is 23.1 Å². The second-order valence-corrected chi connectivity index (χ2v) is 5.80. The number of nitrogens with one attached hydrogen (secondary N) is 1. The summed E-state index contributed by atoms with van der Waals surface area (Å²) in [6.45, 7) is 2.20. The predicted molar refractivity (Wildman–Crippen MR) is 94.9 cm³/mol. The zero-order chi connectivity index (χ0) is 18.6. The van der Waals surface area contributed by atoms with Crippen LogP contribution in [-0.2, 0) is 14.3 Å². The lowest BCUT2D eigenvalue weighted by Gasteiger charge is -2.35. The van der Waals surface area contributed by atoms with Crippen molar-refractivity contribution < 1.29 is 19.2 Å². The third-order valence-corrected chi connectivity index (χ3v) is 4.32. The van der Waals surface area contributed by atoms with Gasteiger partial charge in [-0.2, -0.15) is 0 Å². The molecule has 0 saturated carbocycles. The molecule has 0 aliphatic carbocycles. The van der Waals surface area contributed by atoms with Gasteiger partial charge in [0, 0.05) is 32.0 Å². The lowest BCUT2D eigenvalue weighted by Crippen LogP contribution is -2.46. The first-order valence-electron chi connectivity index (χ1n) is 7.52. The summed E-state index contributed by atoms with van der Waals surface area (Å²) in [5.41, 5.74) is 1.72. The van der Waals surface area contributed by atoms with E-state index in [0.717, 1.165) is 0 Å². The van der Waals surface area contributed by atoms with Crippen LogP contribution in [0.4, 0.5) is 5.69 Å². The van der Waals surface area contributed by atoms with Crippen LogP contribution in [0.3, 0.4) is 0 Å². The van der Waals surface area contributed by atoms with Gasteiger partial charge in [-0.25, -0.2) is 4.79 Å². The molecule has 1 aliphatic rings. The predicted octanol–water partition coefficient (Wildman–Crippen LogP) is 1.92. The molecule has 25 heavy (non-hydrogen) atoms. The SMILES string of the molecule is COCCOC(=O)C1=C(C)N(C)C(=S)N[C@@H]1c1ccc([N+](=O)[O-])cc1. The molecule has 1 aliphatic heterocycles. The second kappa shape index (κ2) is 8.04. The van der Waals surface area contributed by atoms with E-state index in [-0.39, 0.29) is 12.3 Å². The molecule has 1 aromatic rings. The van der Waals surface area contributed by atoms with Crippen molar-refractivity contribution in [2.45, 2.75) is 13.0 Å². The van der Waals surface area contributed by atoms with Gasteiger partial charge in [0.15, 0.2) is 5.11 Å². The molecule has 0 bridgehead atoms. The Morgan fingerprint density at radius 2 is 2.00 bits per heavy atom. The Balaban J connectivity index is 2.37. The second-order valence-electron chi connectivity index (χ2n) is 5.42. The average Bonchev–Trinajstić information content (AvgIpc) is 2.59. The Hall–Kier alpha value is -2.52. The van der Waals surface area contributed by atoms with Gasteiger partial charge in [-0.1, -0.05) is 0 Å². The first-order valence-corrected chi connectivity index (χ1v) is 7.93. The number of hydrogen-bond donors (Lipinski definition) is 1. The maximum Gasteiger partial charge on any atom is 0.338 e. The van der Waals surface area contributed by atoms with E-state index in [2.05, 4.69) is 5.32 Å². The molecule has 0 amide bonds. The van der Waals surface area contributed by atoms with Crippen LogP contribution in [0.5, 0.6) is 0 Å². The average molecular weight is 365 g/mol. The summed E-state index contributed by atoms with van der Waals surface area (Å²) in [6, 6.07) is 5.43. The number of carbonyl (C=O) groups is 1. The van der Waals surface area contributed by atoms with E-state index >= 15 is 0 Å². The maximum atomic E-state index is 12.5. The van der Waals surface area contributed by atoms with Crippen LogP contribution in [0.2, 0.25) is 0 Å². The summed E-state index contributed by atoms with van der Waals surface area (Å²) >= 11 is 5.30. The highest BCUT2D eigenvalue weighted by Crippen LogP contribution is 2.31. The van der Waals surface area contributed by atoms with E-state index in [1.807, 2.05) is 0 Å². The van der Waals surface area contributed by atoms with Gasteiger partial charge in [0.25, 0.3) is 5.69 Å². The fourth-order valence-electron chi connectivity index (χ4n) is 2.43. The van der Waals surface area contributed by atoms with Crippen LogP contribution < -0.4 is 5.32 Å². The minimum Gasteiger partial charge on any atom is -0.460 e. The minimum absolute atomic E-state index is 0.0239. The molecule has 1 heterocycles. The number of allylic oxidation sites excluding steroid dienone is 1. The smallest absolute Gasteiger partial charge is 0.338 e. The number of hydrogen-bond acceptors (Lipinski definition) is 6. The zero-order valence-electron chi connectivity index (χ0n) is 14.1. The number of carbonyl (C=O) groups excluding carboxylic acids is 1. The van der Waals surface area contributed by atoms with E-state index in [4.69, 9.17) is 21.7 Å². The van der Waals surface area contributed by atoms with Crippen LogP contribution in [0.1, 0.15) is 18.5 Å². The molecule has 2 rings (SSSR count).